The van der Waals surface area contributed by atoms with Crippen molar-refractivity contribution < 1.29 is 4.74 Å². The second-order valence-electron chi connectivity index (χ2n) is 3.57. The van der Waals surface area contributed by atoms with Crippen LogP contribution < -0.4 is 10.1 Å². The van der Waals surface area contributed by atoms with Gasteiger partial charge in [0.1, 0.15) is 18.0 Å². The normalized spacial score (nSPS) is 9.56. The maximum absolute atomic E-state index is 8.48. The van der Waals surface area contributed by atoms with E-state index in [0.29, 0.717) is 10.8 Å². The van der Waals surface area contributed by atoms with Gasteiger partial charge in [0.25, 0.3) is 0 Å². The Bertz CT molecular complexity index is 564. The van der Waals surface area contributed by atoms with Crippen molar-refractivity contribution in [1.82, 2.24) is 0 Å². The molecule has 0 bridgehead atoms. The molecule has 0 saturated carbocycles. The number of rotatable bonds is 4. The van der Waals surface area contributed by atoms with Crippen molar-refractivity contribution >= 4 is 17.3 Å². The Hall–Kier alpha value is -2.18. The highest BCUT2D eigenvalue weighted by Gasteiger charge is 2.04. The molecule has 2 rings (SSSR count). The summed E-state index contributed by atoms with van der Waals surface area (Å²) in [6.07, 6.45) is 0. The molecule has 0 aliphatic carbocycles. The lowest BCUT2D eigenvalue weighted by atomic mass is 10.3. The number of para-hydroxylation sites is 1. The number of ether oxygens (including phenoxy) is 1. The first kappa shape index (κ1) is 12.3. The zero-order valence-electron chi connectivity index (χ0n) is 9.56. The van der Waals surface area contributed by atoms with Crippen molar-refractivity contribution in [1.29, 1.82) is 5.26 Å². The van der Waals surface area contributed by atoms with Crippen molar-refractivity contribution in [2.45, 2.75) is 0 Å². The monoisotopic (exact) mass is 258 g/mol. The summed E-state index contributed by atoms with van der Waals surface area (Å²) >= 11 is 6.11. The highest BCUT2D eigenvalue weighted by Crippen LogP contribution is 2.31. The number of hydrogen-bond donors (Lipinski definition) is 1. The maximum Gasteiger partial charge on any atom is 0.146 e. The SMILES string of the molecule is N#CCNc1ccc(Oc2ccccc2)c(Cl)c1. The van der Waals surface area contributed by atoms with Crippen LogP contribution >= 0.6 is 11.6 Å². The molecule has 0 fully saturated rings. The van der Waals surface area contributed by atoms with E-state index in [1.54, 1.807) is 12.1 Å². The number of nitriles is 1. The Morgan fingerprint density at radius 2 is 1.94 bits per heavy atom. The number of nitrogens with zero attached hydrogens (tertiary/aromatic N) is 1. The third kappa shape index (κ3) is 3.16. The van der Waals surface area contributed by atoms with Crippen LogP contribution in [0.4, 0.5) is 5.69 Å². The molecule has 0 aliphatic heterocycles. The van der Waals surface area contributed by atoms with Gasteiger partial charge in [-0.3, -0.25) is 0 Å². The third-order valence-corrected chi connectivity index (χ3v) is 2.57. The van der Waals surface area contributed by atoms with E-state index < -0.39 is 0 Å². The molecule has 0 saturated heterocycles. The second-order valence-corrected chi connectivity index (χ2v) is 3.98. The molecule has 0 aliphatic rings. The first-order valence-electron chi connectivity index (χ1n) is 5.43. The van der Waals surface area contributed by atoms with E-state index >= 15 is 0 Å². The van der Waals surface area contributed by atoms with Gasteiger partial charge in [-0.2, -0.15) is 5.26 Å². The van der Waals surface area contributed by atoms with Crippen LogP contribution in [-0.2, 0) is 0 Å². The molecular weight excluding hydrogens is 248 g/mol. The predicted octanol–water partition coefficient (Wildman–Crippen LogP) is 4.07. The van der Waals surface area contributed by atoms with E-state index in [1.807, 2.05) is 42.5 Å². The van der Waals surface area contributed by atoms with Crippen LogP contribution in [0.15, 0.2) is 48.5 Å². The van der Waals surface area contributed by atoms with Crippen LogP contribution in [0.3, 0.4) is 0 Å². The van der Waals surface area contributed by atoms with Gasteiger partial charge in [0.15, 0.2) is 0 Å². The Kier molecular flexibility index (Phi) is 4.06. The van der Waals surface area contributed by atoms with Gasteiger partial charge in [-0.25, -0.2) is 0 Å². The van der Waals surface area contributed by atoms with E-state index in [-0.39, 0.29) is 6.54 Å². The van der Waals surface area contributed by atoms with Crippen LogP contribution in [0, 0.1) is 11.3 Å². The molecular formula is C14H11ClN2O. The maximum atomic E-state index is 8.48. The lowest BCUT2D eigenvalue weighted by Crippen LogP contribution is -1.98. The smallest absolute Gasteiger partial charge is 0.146 e. The lowest BCUT2D eigenvalue weighted by Gasteiger charge is -2.09. The molecule has 2 aromatic rings. The molecule has 0 heterocycles. The molecule has 0 spiro atoms. The zero-order chi connectivity index (χ0) is 12.8. The summed E-state index contributed by atoms with van der Waals surface area (Å²) in [6, 6.07) is 16.8. The first-order chi connectivity index (χ1) is 8.79. The van der Waals surface area contributed by atoms with Gasteiger partial charge >= 0.3 is 0 Å². The Labute approximate surface area is 111 Å². The zero-order valence-corrected chi connectivity index (χ0v) is 10.3. The van der Waals surface area contributed by atoms with E-state index in [9.17, 15) is 0 Å². The highest BCUT2D eigenvalue weighted by atomic mass is 35.5. The minimum Gasteiger partial charge on any atom is -0.456 e. The van der Waals surface area contributed by atoms with Crippen molar-refractivity contribution in [2.75, 3.05) is 11.9 Å². The molecule has 0 radical (unpaired) electrons. The number of nitrogens with one attached hydrogen (secondary N) is 1. The molecule has 0 aromatic heterocycles. The molecule has 90 valence electrons. The van der Waals surface area contributed by atoms with Gasteiger partial charge in [-0.05, 0) is 30.3 Å². The summed E-state index contributed by atoms with van der Waals surface area (Å²) < 4.78 is 5.64. The number of halogens is 1. The minimum atomic E-state index is 0.245. The summed E-state index contributed by atoms with van der Waals surface area (Å²) in [5.41, 5.74) is 0.793. The van der Waals surface area contributed by atoms with Crippen LogP contribution in [0.5, 0.6) is 11.5 Å². The standard InChI is InChI=1S/C14H11ClN2O/c15-13-10-11(17-9-8-16)6-7-14(13)18-12-4-2-1-3-5-12/h1-7,10,17H,9H2. The third-order valence-electron chi connectivity index (χ3n) is 2.27. The molecule has 2 aromatic carbocycles. The van der Waals surface area contributed by atoms with Gasteiger partial charge < -0.3 is 10.1 Å². The first-order valence-corrected chi connectivity index (χ1v) is 5.80. The summed E-state index contributed by atoms with van der Waals surface area (Å²) in [6.45, 7) is 0.245. The Morgan fingerprint density at radius 3 is 2.61 bits per heavy atom. The van der Waals surface area contributed by atoms with Crippen molar-refractivity contribution in [2.24, 2.45) is 0 Å². The summed E-state index contributed by atoms with van der Waals surface area (Å²) in [5.74, 6) is 1.32. The van der Waals surface area contributed by atoms with Gasteiger partial charge in [0, 0.05) is 5.69 Å². The fourth-order valence-corrected chi connectivity index (χ4v) is 1.67. The Balaban J connectivity index is 2.13. The highest BCUT2D eigenvalue weighted by molar-refractivity contribution is 6.32. The van der Waals surface area contributed by atoms with Gasteiger partial charge in [-0.1, -0.05) is 29.8 Å². The van der Waals surface area contributed by atoms with Gasteiger partial charge in [0.05, 0.1) is 11.1 Å². The van der Waals surface area contributed by atoms with Gasteiger partial charge in [0.2, 0.25) is 0 Å². The molecule has 0 unspecified atom stereocenters. The van der Waals surface area contributed by atoms with Crippen LogP contribution in [0.25, 0.3) is 0 Å². The lowest BCUT2D eigenvalue weighted by molar-refractivity contribution is 0.483. The average Bonchev–Trinajstić information content (AvgIpc) is 2.40. The number of benzene rings is 2. The molecule has 3 nitrogen and oxygen atoms in total. The minimum absolute atomic E-state index is 0.245. The van der Waals surface area contributed by atoms with Crippen molar-refractivity contribution in [3.05, 3.63) is 53.6 Å². The molecule has 0 atom stereocenters. The second kappa shape index (κ2) is 5.95. The van der Waals surface area contributed by atoms with Gasteiger partial charge in [-0.15, -0.1) is 0 Å². The average molecular weight is 259 g/mol. The Morgan fingerprint density at radius 1 is 1.17 bits per heavy atom. The summed E-state index contributed by atoms with van der Waals surface area (Å²) in [7, 11) is 0. The topological polar surface area (TPSA) is 45.0 Å². The number of hydrogen-bond acceptors (Lipinski definition) is 3. The molecule has 1 N–H and O–H groups in total. The van der Waals surface area contributed by atoms with Crippen molar-refractivity contribution in [3.63, 3.8) is 0 Å². The van der Waals surface area contributed by atoms with Crippen molar-refractivity contribution in [3.8, 4) is 17.6 Å². The van der Waals surface area contributed by atoms with Crippen LogP contribution in [0.1, 0.15) is 0 Å². The van der Waals surface area contributed by atoms with E-state index in [1.165, 1.54) is 0 Å². The molecule has 18 heavy (non-hydrogen) atoms. The summed E-state index contributed by atoms with van der Waals surface area (Å²) in [5, 5.41) is 11.9. The van der Waals surface area contributed by atoms with E-state index in [2.05, 4.69) is 5.32 Å². The largest absolute Gasteiger partial charge is 0.456 e. The quantitative estimate of drug-likeness (QED) is 0.841. The van der Waals surface area contributed by atoms with E-state index in [4.69, 9.17) is 21.6 Å². The van der Waals surface area contributed by atoms with E-state index in [0.717, 1.165) is 11.4 Å². The fraction of sp³-hybridized carbons (Fsp3) is 0.0714. The number of anilines is 1. The fourth-order valence-electron chi connectivity index (χ4n) is 1.45. The predicted molar refractivity (Wildman–Crippen MR) is 72.1 cm³/mol. The molecule has 4 heteroatoms. The molecule has 0 amide bonds. The van der Waals surface area contributed by atoms with Crippen LogP contribution in [-0.4, -0.2) is 6.54 Å². The summed E-state index contributed by atoms with van der Waals surface area (Å²) in [4.78, 5) is 0. The van der Waals surface area contributed by atoms with Crippen LogP contribution in [0.2, 0.25) is 5.02 Å².